The summed E-state index contributed by atoms with van der Waals surface area (Å²) in [6.07, 6.45) is 3.36. The molecular formula is C19H15N5OS. The van der Waals surface area contributed by atoms with Crippen LogP contribution in [0.4, 0.5) is 5.69 Å². The van der Waals surface area contributed by atoms with E-state index in [2.05, 4.69) is 15.1 Å². The lowest BCUT2D eigenvalue weighted by molar-refractivity contribution is 0.0948. The molecule has 0 amide bonds. The Morgan fingerprint density at radius 1 is 1.12 bits per heavy atom. The number of hydrogen-bond acceptors (Lipinski definition) is 6. The summed E-state index contributed by atoms with van der Waals surface area (Å²) in [4.78, 5) is 22.2. The Bertz CT molecular complexity index is 1080. The standard InChI is InChI=1S/C19H15N5OS/c1-12-17(26-18(22-12)16-7-2-3-9-21-16)19(25)24-10-8-15(23-24)13-5-4-6-14(20)11-13/h2-11H,20H2,1H3. The topological polar surface area (TPSA) is 86.7 Å². The number of benzene rings is 1. The average Bonchev–Trinajstić information content (AvgIpc) is 3.29. The Morgan fingerprint density at radius 3 is 2.77 bits per heavy atom. The van der Waals surface area contributed by atoms with Crippen molar-refractivity contribution < 1.29 is 4.79 Å². The van der Waals surface area contributed by atoms with Crippen molar-refractivity contribution in [2.75, 3.05) is 5.73 Å². The van der Waals surface area contributed by atoms with Crippen molar-refractivity contribution in [2.24, 2.45) is 0 Å². The molecule has 0 aliphatic heterocycles. The highest BCUT2D eigenvalue weighted by Crippen LogP contribution is 2.27. The van der Waals surface area contributed by atoms with Gasteiger partial charge < -0.3 is 5.73 Å². The van der Waals surface area contributed by atoms with Crippen LogP contribution in [0.1, 0.15) is 15.4 Å². The third-order valence-corrected chi connectivity index (χ3v) is 5.02. The number of carbonyl (C=O) groups is 1. The van der Waals surface area contributed by atoms with Crippen molar-refractivity contribution in [2.45, 2.75) is 6.92 Å². The highest BCUT2D eigenvalue weighted by Gasteiger charge is 2.19. The van der Waals surface area contributed by atoms with E-state index in [1.54, 1.807) is 18.5 Å². The van der Waals surface area contributed by atoms with Crippen molar-refractivity contribution in [3.05, 3.63) is 71.5 Å². The van der Waals surface area contributed by atoms with Crippen molar-refractivity contribution >= 4 is 22.9 Å². The minimum Gasteiger partial charge on any atom is -0.399 e. The Hall–Kier alpha value is -3.32. The molecule has 0 saturated carbocycles. The highest BCUT2D eigenvalue weighted by atomic mass is 32.1. The second-order valence-corrected chi connectivity index (χ2v) is 6.72. The first-order valence-electron chi connectivity index (χ1n) is 7.97. The molecule has 0 bridgehead atoms. The zero-order valence-corrected chi connectivity index (χ0v) is 14.8. The van der Waals surface area contributed by atoms with Gasteiger partial charge in [-0.25, -0.2) is 9.67 Å². The van der Waals surface area contributed by atoms with E-state index in [9.17, 15) is 4.79 Å². The van der Waals surface area contributed by atoms with Crippen LogP contribution < -0.4 is 5.73 Å². The number of carbonyl (C=O) groups excluding carboxylic acids is 1. The molecule has 0 aliphatic rings. The molecule has 6 nitrogen and oxygen atoms in total. The number of aromatic nitrogens is 4. The zero-order chi connectivity index (χ0) is 18.1. The minimum atomic E-state index is -0.211. The molecule has 0 radical (unpaired) electrons. The summed E-state index contributed by atoms with van der Waals surface area (Å²) < 4.78 is 1.33. The van der Waals surface area contributed by atoms with Gasteiger partial charge in [-0.2, -0.15) is 5.10 Å². The van der Waals surface area contributed by atoms with Crippen LogP contribution in [0.15, 0.2) is 60.9 Å². The molecule has 3 aromatic heterocycles. The Balaban J connectivity index is 1.66. The molecule has 4 rings (SSSR count). The summed E-state index contributed by atoms with van der Waals surface area (Å²) in [6.45, 7) is 1.82. The van der Waals surface area contributed by atoms with Crippen LogP contribution in [0.3, 0.4) is 0 Å². The van der Waals surface area contributed by atoms with Crippen LogP contribution in [0.25, 0.3) is 22.0 Å². The van der Waals surface area contributed by atoms with E-state index in [-0.39, 0.29) is 5.91 Å². The zero-order valence-electron chi connectivity index (χ0n) is 14.0. The van der Waals surface area contributed by atoms with E-state index < -0.39 is 0 Å². The Labute approximate surface area is 154 Å². The van der Waals surface area contributed by atoms with Gasteiger partial charge >= 0.3 is 0 Å². The van der Waals surface area contributed by atoms with E-state index in [0.717, 1.165) is 16.3 Å². The van der Waals surface area contributed by atoms with Crippen LogP contribution in [0.5, 0.6) is 0 Å². The molecule has 0 atom stereocenters. The fourth-order valence-electron chi connectivity index (χ4n) is 2.59. The maximum Gasteiger partial charge on any atom is 0.290 e. The van der Waals surface area contributed by atoms with Crippen LogP contribution in [-0.2, 0) is 0 Å². The van der Waals surface area contributed by atoms with Crippen LogP contribution in [0.2, 0.25) is 0 Å². The first-order chi connectivity index (χ1) is 12.6. The van der Waals surface area contributed by atoms with Gasteiger partial charge in [-0.15, -0.1) is 11.3 Å². The first-order valence-corrected chi connectivity index (χ1v) is 8.78. The fourth-order valence-corrected chi connectivity index (χ4v) is 3.56. The van der Waals surface area contributed by atoms with Gasteiger partial charge in [-0.3, -0.25) is 9.78 Å². The molecule has 1 aromatic carbocycles. The van der Waals surface area contributed by atoms with Gasteiger partial charge in [-0.05, 0) is 37.3 Å². The minimum absolute atomic E-state index is 0.211. The second-order valence-electron chi connectivity index (χ2n) is 5.72. The molecule has 0 spiro atoms. The molecule has 7 heteroatoms. The maximum absolute atomic E-state index is 12.8. The number of nitrogens with two attached hydrogens (primary N) is 1. The number of hydrogen-bond donors (Lipinski definition) is 1. The largest absolute Gasteiger partial charge is 0.399 e. The van der Waals surface area contributed by atoms with Gasteiger partial charge in [0.05, 0.1) is 17.1 Å². The summed E-state index contributed by atoms with van der Waals surface area (Å²) in [7, 11) is 0. The van der Waals surface area contributed by atoms with Crippen molar-refractivity contribution in [3.63, 3.8) is 0 Å². The van der Waals surface area contributed by atoms with Crippen molar-refractivity contribution in [1.29, 1.82) is 0 Å². The molecule has 3 heterocycles. The first kappa shape index (κ1) is 16.2. The molecule has 26 heavy (non-hydrogen) atoms. The Morgan fingerprint density at radius 2 is 2.00 bits per heavy atom. The second kappa shape index (κ2) is 6.53. The third kappa shape index (κ3) is 3.00. The molecule has 128 valence electrons. The number of rotatable bonds is 3. The number of aryl methyl sites for hydroxylation is 1. The number of thiazole rings is 1. The van der Waals surface area contributed by atoms with Gasteiger partial charge in [0.1, 0.15) is 9.88 Å². The van der Waals surface area contributed by atoms with E-state index in [4.69, 9.17) is 5.73 Å². The summed E-state index contributed by atoms with van der Waals surface area (Å²) in [5, 5.41) is 5.11. The number of nitrogen functional groups attached to an aromatic ring is 1. The summed E-state index contributed by atoms with van der Waals surface area (Å²) >= 11 is 1.32. The highest BCUT2D eigenvalue weighted by molar-refractivity contribution is 7.17. The van der Waals surface area contributed by atoms with Crippen molar-refractivity contribution in [1.82, 2.24) is 19.7 Å². The van der Waals surface area contributed by atoms with Gasteiger partial charge in [0, 0.05) is 23.6 Å². The lowest BCUT2D eigenvalue weighted by Gasteiger charge is -2.00. The smallest absolute Gasteiger partial charge is 0.290 e. The van der Waals surface area contributed by atoms with E-state index in [0.29, 0.717) is 22.0 Å². The maximum atomic E-state index is 12.8. The molecule has 0 aliphatic carbocycles. The molecule has 0 saturated heterocycles. The predicted octanol–water partition coefficient (Wildman–Crippen LogP) is 3.65. The SMILES string of the molecule is Cc1nc(-c2ccccn2)sc1C(=O)n1ccc(-c2cccc(N)c2)n1. The van der Waals surface area contributed by atoms with Gasteiger partial charge in [-0.1, -0.05) is 18.2 Å². The summed E-state index contributed by atoms with van der Waals surface area (Å²) in [5.74, 6) is -0.211. The van der Waals surface area contributed by atoms with Gasteiger partial charge in [0.15, 0.2) is 0 Å². The van der Waals surface area contributed by atoms with E-state index in [1.165, 1.54) is 16.0 Å². The number of anilines is 1. The molecule has 0 fully saturated rings. The van der Waals surface area contributed by atoms with Gasteiger partial charge in [0.25, 0.3) is 5.91 Å². The summed E-state index contributed by atoms with van der Waals surface area (Å²) in [5.41, 5.74) is 9.45. The third-order valence-electron chi connectivity index (χ3n) is 3.85. The lowest BCUT2D eigenvalue weighted by atomic mass is 10.1. The fraction of sp³-hybridized carbons (Fsp3) is 0.0526. The van der Waals surface area contributed by atoms with E-state index >= 15 is 0 Å². The summed E-state index contributed by atoms with van der Waals surface area (Å²) in [6, 6.07) is 14.8. The van der Waals surface area contributed by atoms with E-state index in [1.807, 2.05) is 49.4 Å². The predicted molar refractivity (Wildman–Crippen MR) is 102 cm³/mol. The average molecular weight is 361 g/mol. The van der Waals surface area contributed by atoms with Crippen LogP contribution in [0, 0.1) is 6.92 Å². The molecule has 4 aromatic rings. The van der Waals surface area contributed by atoms with Gasteiger partial charge in [0.2, 0.25) is 0 Å². The molecular weight excluding hydrogens is 346 g/mol. The number of pyridine rings is 1. The quantitative estimate of drug-likeness (QED) is 0.563. The number of nitrogens with zero attached hydrogens (tertiary/aromatic N) is 4. The van der Waals surface area contributed by atoms with Crippen LogP contribution in [-0.4, -0.2) is 25.7 Å². The lowest BCUT2D eigenvalue weighted by Crippen LogP contribution is -2.12. The van der Waals surface area contributed by atoms with Crippen molar-refractivity contribution in [3.8, 4) is 22.0 Å². The Kier molecular flexibility index (Phi) is 4.06. The molecule has 0 unspecified atom stereocenters. The normalized spacial score (nSPS) is 10.8. The monoisotopic (exact) mass is 361 g/mol. The van der Waals surface area contributed by atoms with Crippen LogP contribution >= 0.6 is 11.3 Å². The molecule has 2 N–H and O–H groups in total.